The third-order valence-corrected chi connectivity index (χ3v) is 6.37. The number of carbonyl (C=O) groups is 4. The van der Waals surface area contributed by atoms with Crippen LogP contribution >= 0.6 is 11.8 Å². The standard InChI is InChI=1S/C22H27N3O6S/c1-12-11-32-19-15(18(27)25(19)16(12)20(28)29)24-17(26)14(10-13-8-6-5-7-9-13)23-21(30)31-22(2,3)4/h5-9,14-15,19H,10-11H2,1-4H3,(H,23,30)(H,24,26)(H,28,29)/t14-,15+,19+/m0/s1. The number of carboxylic acids is 1. The molecule has 0 aromatic heterocycles. The summed E-state index contributed by atoms with van der Waals surface area (Å²) in [7, 11) is 0. The topological polar surface area (TPSA) is 125 Å². The van der Waals surface area contributed by atoms with E-state index in [1.54, 1.807) is 27.7 Å². The van der Waals surface area contributed by atoms with E-state index in [0.29, 0.717) is 11.3 Å². The van der Waals surface area contributed by atoms with Gasteiger partial charge in [0.05, 0.1) is 0 Å². The summed E-state index contributed by atoms with van der Waals surface area (Å²) in [5.41, 5.74) is 0.657. The van der Waals surface area contributed by atoms with Crippen molar-refractivity contribution in [3.63, 3.8) is 0 Å². The number of aliphatic carboxylic acids is 1. The molecule has 2 aliphatic rings. The van der Waals surface area contributed by atoms with Crippen LogP contribution in [0, 0.1) is 0 Å². The highest BCUT2D eigenvalue weighted by Crippen LogP contribution is 2.40. The quantitative estimate of drug-likeness (QED) is 0.553. The fourth-order valence-corrected chi connectivity index (χ4v) is 4.83. The predicted octanol–water partition coefficient (Wildman–Crippen LogP) is 1.88. The van der Waals surface area contributed by atoms with E-state index >= 15 is 0 Å². The highest BCUT2D eigenvalue weighted by Gasteiger charge is 2.54. The second-order valence-electron chi connectivity index (χ2n) is 8.72. The Hall–Kier alpha value is -3.01. The fraction of sp³-hybridized carbons (Fsp3) is 0.455. The van der Waals surface area contributed by atoms with Gasteiger partial charge in [-0.3, -0.25) is 14.5 Å². The number of nitrogens with zero attached hydrogens (tertiary/aromatic N) is 1. The third kappa shape index (κ3) is 5.24. The first-order valence-corrected chi connectivity index (χ1v) is 11.2. The van der Waals surface area contributed by atoms with Crippen molar-refractivity contribution in [2.24, 2.45) is 0 Å². The van der Waals surface area contributed by atoms with Crippen molar-refractivity contribution in [2.75, 3.05) is 5.75 Å². The van der Waals surface area contributed by atoms with E-state index < -0.39 is 46.9 Å². The largest absolute Gasteiger partial charge is 0.477 e. The van der Waals surface area contributed by atoms with Crippen molar-refractivity contribution in [1.82, 2.24) is 15.5 Å². The molecule has 3 atom stereocenters. The maximum Gasteiger partial charge on any atom is 0.408 e. The van der Waals surface area contributed by atoms with Crippen molar-refractivity contribution >= 4 is 35.6 Å². The Morgan fingerprint density at radius 1 is 1.25 bits per heavy atom. The Morgan fingerprint density at radius 2 is 1.91 bits per heavy atom. The van der Waals surface area contributed by atoms with Crippen LogP contribution in [0.2, 0.25) is 0 Å². The molecule has 3 amide bonds. The van der Waals surface area contributed by atoms with Gasteiger partial charge in [0, 0.05) is 12.2 Å². The molecule has 10 heteroatoms. The van der Waals surface area contributed by atoms with E-state index in [1.807, 2.05) is 30.3 Å². The highest BCUT2D eigenvalue weighted by molar-refractivity contribution is 8.00. The van der Waals surface area contributed by atoms with Crippen LogP contribution in [0.5, 0.6) is 0 Å². The average molecular weight is 462 g/mol. The number of hydrogen-bond acceptors (Lipinski definition) is 6. The number of fused-ring (bicyclic) bond motifs is 1. The Balaban J connectivity index is 1.73. The SMILES string of the molecule is CC1=C(C(=O)O)N2C(=O)[C@@H](NC(=O)[C@H](Cc3ccccc3)NC(=O)OC(C)(C)C)[C@H]2SC1. The summed E-state index contributed by atoms with van der Waals surface area (Å²) >= 11 is 1.39. The third-order valence-electron chi connectivity index (χ3n) is 4.95. The number of carboxylic acid groups (broad SMARTS) is 1. The summed E-state index contributed by atoms with van der Waals surface area (Å²) in [4.78, 5) is 50.8. The first-order chi connectivity index (χ1) is 15.0. The van der Waals surface area contributed by atoms with Crippen molar-refractivity contribution in [1.29, 1.82) is 0 Å². The molecule has 2 heterocycles. The minimum Gasteiger partial charge on any atom is -0.477 e. The minimum atomic E-state index is -1.17. The number of carbonyl (C=O) groups excluding carboxylic acids is 3. The molecular weight excluding hydrogens is 434 g/mol. The summed E-state index contributed by atoms with van der Waals surface area (Å²) in [5.74, 6) is -1.74. The number of ether oxygens (including phenoxy) is 1. The summed E-state index contributed by atoms with van der Waals surface area (Å²) < 4.78 is 5.28. The molecular formula is C22H27N3O6S. The zero-order valence-corrected chi connectivity index (χ0v) is 19.2. The zero-order valence-electron chi connectivity index (χ0n) is 18.4. The first-order valence-electron chi connectivity index (χ1n) is 10.2. The molecule has 1 saturated heterocycles. The normalized spacial score (nSPS) is 21.2. The van der Waals surface area contributed by atoms with Crippen LogP contribution in [0.3, 0.4) is 0 Å². The second kappa shape index (κ2) is 9.23. The molecule has 3 N–H and O–H groups in total. The molecule has 0 unspecified atom stereocenters. The number of hydrogen-bond donors (Lipinski definition) is 3. The predicted molar refractivity (Wildman–Crippen MR) is 119 cm³/mol. The number of rotatable bonds is 6. The summed E-state index contributed by atoms with van der Waals surface area (Å²) in [6.07, 6.45) is -0.540. The van der Waals surface area contributed by atoms with Gasteiger partial charge in [-0.05, 0) is 38.8 Å². The van der Waals surface area contributed by atoms with Gasteiger partial charge in [0.2, 0.25) is 5.91 Å². The molecule has 0 spiro atoms. The van der Waals surface area contributed by atoms with Crippen molar-refractivity contribution < 1.29 is 29.0 Å². The van der Waals surface area contributed by atoms with Gasteiger partial charge < -0.3 is 20.5 Å². The van der Waals surface area contributed by atoms with Gasteiger partial charge in [-0.25, -0.2) is 9.59 Å². The lowest BCUT2D eigenvalue weighted by atomic mass is 10.0. The highest BCUT2D eigenvalue weighted by atomic mass is 32.2. The smallest absolute Gasteiger partial charge is 0.408 e. The van der Waals surface area contributed by atoms with Crippen LogP contribution in [0.15, 0.2) is 41.6 Å². The number of thioether (sulfide) groups is 1. The van der Waals surface area contributed by atoms with Crippen molar-refractivity contribution in [3.05, 3.63) is 47.2 Å². The second-order valence-corrected chi connectivity index (χ2v) is 9.82. The number of amides is 3. The molecule has 0 radical (unpaired) electrons. The lowest BCUT2D eigenvalue weighted by Gasteiger charge is -2.49. The molecule has 1 fully saturated rings. The number of nitrogens with one attached hydrogen (secondary N) is 2. The molecule has 2 aliphatic heterocycles. The van der Waals surface area contributed by atoms with Gasteiger partial charge in [-0.2, -0.15) is 0 Å². The Labute approximate surface area is 190 Å². The lowest BCUT2D eigenvalue weighted by Crippen LogP contribution is -2.71. The lowest BCUT2D eigenvalue weighted by molar-refractivity contribution is -0.151. The number of benzene rings is 1. The number of β-lactam (4-membered cyclic amide) rings is 1. The van der Waals surface area contributed by atoms with Crippen molar-refractivity contribution in [3.8, 4) is 0 Å². The Kier molecular flexibility index (Phi) is 6.82. The van der Waals surface area contributed by atoms with Crippen LogP contribution < -0.4 is 10.6 Å². The van der Waals surface area contributed by atoms with E-state index in [2.05, 4.69) is 10.6 Å². The summed E-state index contributed by atoms with van der Waals surface area (Å²) in [5, 5.41) is 14.2. The molecule has 0 aliphatic carbocycles. The van der Waals surface area contributed by atoms with Gasteiger partial charge in [0.1, 0.15) is 28.8 Å². The summed E-state index contributed by atoms with van der Waals surface area (Å²) in [6, 6.07) is 7.32. The van der Waals surface area contributed by atoms with Crippen LogP contribution in [0.4, 0.5) is 4.79 Å². The zero-order chi connectivity index (χ0) is 23.6. The molecule has 1 aromatic carbocycles. The van der Waals surface area contributed by atoms with Crippen LogP contribution in [0.1, 0.15) is 33.3 Å². The van der Waals surface area contributed by atoms with E-state index in [1.165, 1.54) is 16.7 Å². The fourth-order valence-electron chi connectivity index (χ4n) is 3.54. The van der Waals surface area contributed by atoms with E-state index in [0.717, 1.165) is 5.56 Å². The van der Waals surface area contributed by atoms with Crippen LogP contribution in [-0.2, 0) is 25.5 Å². The monoisotopic (exact) mass is 461 g/mol. The number of alkyl carbamates (subject to hydrolysis) is 1. The van der Waals surface area contributed by atoms with Crippen LogP contribution in [0.25, 0.3) is 0 Å². The van der Waals surface area contributed by atoms with E-state index in [9.17, 15) is 24.3 Å². The van der Waals surface area contributed by atoms with E-state index in [-0.39, 0.29) is 12.1 Å². The maximum atomic E-state index is 13.1. The molecule has 1 aromatic rings. The van der Waals surface area contributed by atoms with Crippen molar-refractivity contribution in [2.45, 2.75) is 57.2 Å². The molecule has 0 saturated carbocycles. The Bertz CT molecular complexity index is 956. The molecule has 172 valence electrons. The average Bonchev–Trinajstić information content (AvgIpc) is 2.70. The van der Waals surface area contributed by atoms with Gasteiger partial charge >= 0.3 is 12.1 Å². The minimum absolute atomic E-state index is 0.0306. The van der Waals surface area contributed by atoms with Gasteiger partial charge in [-0.1, -0.05) is 30.3 Å². The molecule has 32 heavy (non-hydrogen) atoms. The Morgan fingerprint density at radius 3 is 2.50 bits per heavy atom. The maximum absolute atomic E-state index is 13.1. The van der Waals surface area contributed by atoms with Gasteiger partial charge in [-0.15, -0.1) is 11.8 Å². The van der Waals surface area contributed by atoms with Gasteiger partial charge in [0.15, 0.2) is 0 Å². The summed E-state index contributed by atoms with van der Waals surface area (Å²) in [6.45, 7) is 6.83. The van der Waals surface area contributed by atoms with Crippen LogP contribution in [-0.4, -0.2) is 62.7 Å². The first kappa shape index (κ1) is 23.6. The molecule has 3 rings (SSSR count). The van der Waals surface area contributed by atoms with E-state index in [4.69, 9.17) is 4.74 Å². The molecule has 9 nitrogen and oxygen atoms in total. The van der Waals surface area contributed by atoms with Gasteiger partial charge in [0.25, 0.3) is 5.91 Å². The molecule has 0 bridgehead atoms.